The summed E-state index contributed by atoms with van der Waals surface area (Å²) in [5.74, 6) is -0.0493. The summed E-state index contributed by atoms with van der Waals surface area (Å²) in [6, 6.07) is 28.0. The number of amidine groups is 1. The molecule has 3 aromatic rings. The largest absolute Gasteiger partial charge is 0.380 e. The fraction of sp³-hybridized carbons (Fsp3) is 0.154. The van der Waals surface area contributed by atoms with Gasteiger partial charge in [0.05, 0.1) is 17.2 Å². The number of carbonyl (C=O) groups excluding carboxylic acids is 1. The van der Waals surface area contributed by atoms with Crippen LogP contribution in [0.25, 0.3) is 6.08 Å². The first kappa shape index (κ1) is 21.1. The molecule has 5 heteroatoms. The number of para-hydroxylation sites is 1. The zero-order valence-electron chi connectivity index (χ0n) is 17.4. The van der Waals surface area contributed by atoms with Gasteiger partial charge in [-0.25, -0.2) is 0 Å². The molecule has 0 aromatic heterocycles. The van der Waals surface area contributed by atoms with Crippen molar-refractivity contribution in [3.63, 3.8) is 0 Å². The molecule has 1 aliphatic rings. The minimum atomic E-state index is -0.0493. The van der Waals surface area contributed by atoms with E-state index in [9.17, 15) is 4.79 Å². The summed E-state index contributed by atoms with van der Waals surface area (Å²) in [5.41, 5.74) is 4.11. The Balaban J connectivity index is 1.61. The summed E-state index contributed by atoms with van der Waals surface area (Å²) < 4.78 is 5.23. The van der Waals surface area contributed by atoms with E-state index in [0.717, 1.165) is 23.2 Å². The van der Waals surface area contributed by atoms with Gasteiger partial charge in [-0.05, 0) is 59.1 Å². The Kier molecular flexibility index (Phi) is 6.97. The number of methoxy groups -OCH3 is 1. The normalized spacial score (nSPS) is 16.4. The molecule has 0 atom stereocenters. The Morgan fingerprint density at radius 3 is 2.39 bits per heavy atom. The van der Waals surface area contributed by atoms with E-state index in [2.05, 4.69) is 12.1 Å². The number of thioether (sulfide) groups is 1. The highest BCUT2D eigenvalue weighted by Crippen LogP contribution is 2.36. The van der Waals surface area contributed by atoms with E-state index < -0.39 is 0 Å². The number of nitrogens with zero attached hydrogens (tertiary/aromatic N) is 2. The van der Waals surface area contributed by atoms with Crippen molar-refractivity contribution < 1.29 is 9.53 Å². The standard InChI is InChI=1S/C26H24N2O2S/c1-30-19-22-12-8-11-21(17-22)18-24-25(29)28(23-13-6-3-7-14-23)26(31-24)27-16-15-20-9-4-2-5-10-20/h2-14,17-18H,15-16,19H2,1H3/b24-18-,27-26-. The molecule has 0 N–H and O–H groups in total. The van der Waals surface area contributed by atoms with Crippen LogP contribution in [0.4, 0.5) is 5.69 Å². The van der Waals surface area contributed by atoms with Crippen LogP contribution in [0.5, 0.6) is 0 Å². The number of ether oxygens (including phenoxy) is 1. The van der Waals surface area contributed by atoms with Crippen LogP contribution in [0, 0.1) is 0 Å². The summed E-state index contributed by atoms with van der Waals surface area (Å²) in [6.45, 7) is 1.17. The summed E-state index contributed by atoms with van der Waals surface area (Å²) >= 11 is 1.43. The number of aliphatic imine (C=N–C) groups is 1. The maximum absolute atomic E-state index is 13.3. The van der Waals surface area contributed by atoms with Crippen LogP contribution >= 0.6 is 11.8 Å². The first-order valence-corrected chi connectivity index (χ1v) is 11.0. The van der Waals surface area contributed by atoms with Crippen molar-refractivity contribution in [1.82, 2.24) is 0 Å². The van der Waals surface area contributed by atoms with Gasteiger partial charge in [-0.2, -0.15) is 0 Å². The maximum Gasteiger partial charge on any atom is 0.271 e. The van der Waals surface area contributed by atoms with Crippen LogP contribution in [-0.4, -0.2) is 24.7 Å². The fourth-order valence-electron chi connectivity index (χ4n) is 3.40. The third kappa shape index (κ3) is 5.32. The van der Waals surface area contributed by atoms with Gasteiger partial charge in [0, 0.05) is 13.7 Å². The highest BCUT2D eigenvalue weighted by molar-refractivity contribution is 8.19. The van der Waals surface area contributed by atoms with Crippen molar-refractivity contribution in [1.29, 1.82) is 0 Å². The zero-order valence-corrected chi connectivity index (χ0v) is 18.2. The molecule has 1 saturated heterocycles. The van der Waals surface area contributed by atoms with Gasteiger partial charge >= 0.3 is 0 Å². The lowest BCUT2D eigenvalue weighted by atomic mass is 10.1. The topological polar surface area (TPSA) is 41.9 Å². The van der Waals surface area contributed by atoms with Gasteiger partial charge in [0.2, 0.25) is 0 Å². The molecule has 0 unspecified atom stereocenters. The molecule has 1 fully saturated rings. The van der Waals surface area contributed by atoms with Gasteiger partial charge in [0.1, 0.15) is 0 Å². The number of benzene rings is 3. The molecule has 0 aliphatic carbocycles. The zero-order chi connectivity index (χ0) is 21.5. The van der Waals surface area contributed by atoms with Crippen molar-refractivity contribution >= 4 is 34.6 Å². The van der Waals surface area contributed by atoms with Gasteiger partial charge in [-0.15, -0.1) is 0 Å². The maximum atomic E-state index is 13.3. The van der Waals surface area contributed by atoms with E-state index in [1.54, 1.807) is 12.0 Å². The molecule has 1 amide bonds. The Bertz CT molecular complexity index is 1090. The number of amides is 1. The van der Waals surface area contributed by atoms with Crippen LogP contribution in [0.1, 0.15) is 16.7 Å². The minimum absolute atomic E-state index is 0.0493. The van der Waals surface area contributed by atoms with Gasteiger partial charge in [0.15, 0.2) is 5.17 Å². The van der Waals surface area contributed by atoms with E-state index in [1.165, 1.54) is 17.3 Å². The smallest absolute Gasteiger partial charge is 0.271 e. The first-order chi connectivity index (χ1) is 15.2. The molecule has 0 saturated carbocycles. The predicted octanol–water partition coefficient (Wildman–Crippen LogP) is 5.55. The first-order valence-electron chi connectivity index (χ1n) is 10.2. The van der Waals surface area contributed by atoms with Crippen LogP contribution in [0.2, 0.25) is 0 Å². The molecule has 1 aliphatic heterocycles. The molecular formula is C26H24N2O2S. The van der Waals surface area contributed by atoms with E-state index in [-0.39, 0.29) is 5.91 Å². The third-order valence-corrected chi connectivity index (χ3v) is 5.88. The number of carbonyl (C=O) groups is 1. The van der Waals surface area contributed by atoms with E-state index >= 15 is 0 Å². The number of rotatable bonds is 7. The quantitative estimate of drug-likeness (QED) is 0.463. The summed E-state index contributed by atoms with van der Waals surface area (Å²) in [7, 11) is 1.68. The Morgan fingerprint density at radius 1 is 0.935 bits per heavy atom. The van der Waals surface area contributed by atoms with E-state index in [4.69, 9.17) is 9.73 Å². The Hall–Kier alpha value is -3.15. The van der Waals surface area contributed by atoms with Gasteiger partial charge in [-0.3, -0.25) is 14.7 Å². The lowest BCUT2D eigenvalue weighted by Gasteiger charge is -2.15. The van der Waals surface area contributed by atoms with Crippen molar-refractivity contribution in [3.8, 4) is 0 Å². The van der Waals surface area contributed by atoms with Crippen LogP contribution in [-0.2, 0) is 22.6 Å². The fourth-order valence-corrected chi connectivity index (χ4v) is 4.41. The molecular weight excluding hydrogens is 404 g/mol. The third-order valence-electron chi connectivity index (χ3n) is 4.87. The van der Waals surface area contributed by atoms with Gasteiger partial charge in [-0.1, -0.05) is 66.7 Å². The molecule has 0 radical (unpaired) electrons. The summed E-state index contributed by atoms with van der Waals surface area (Å²) in [6.07, 6.45) is 2.77. The van der Waals surface area contributed by atoms with Crippen LogP contribution in [0.3, 0.4) is 0 Å². The van der Waals surface area contributed by atoms with Gasteiger partial charge in [0.25, 0.3) is 5.91 Å². The Labute approximate surface area is 187 Å². The molecule has 3 aromatic carbocycles. The number of hydrogen-bond acceptors (Lipinski definition) is 4. The second-order valence-corrected chi connectivity index (χ2v) is 8.17. The van der Waals surface area contributed by atoms with Crippen molar-refractivity contribution in [2.45, 2.75) is 13.0 Å². The number of hydrogen-bond donors (Lipinski definition) is 0. The van der Waals surface area contributed by atoms with Crippen LogP contribution in [0.15, 0.2) is 94.8 Å². The minimum Gasteiger partial charge on any atom is -0.380 e. The molecule has 1 heterocycles. The Morgan fingerprint density at radius 2 is 1.65 bits per heavy atom. The average Bonchev–Trinajstić information content (AvgIpc) is 3.10. The lowest BCUT2D eigenvalue weighted by molar-refractivity contribution is -0.113. The molecule has 4 nitrogen and oxygen atoms in total. The summed E-state index contributed by atoms with van der Waals surface area (Å²) in [4.78, 5) is 20.5. The highest BCUT2D eigenvalue weighted by atomic mass is 32.2. The summed E-state index contributed by atoms with van der Waals surface area (Å²) in [5, 5.41) is 0.714. The second-order valence-electron chi connectivity index (χ2n) is 7.16. The molecule has 4 rings (SSSR count). The van der Waals surface area contributed by atoms with Crippen molar-refractivity contribution in [2.75, 3.05) is 18.6 Å². The van der Waals surface area contributed by atoms with E-state index in [0.29, 0.717) is 23.2 Å². The predicted molar refractivity (Wildman–Crippen MR) is 129 cm³/mol. The van der Waals surface area contributed by atoms with Gasteiger partial charge < -0.3 is 4.74 Å². The molecule has 0 bridgehead atoms. The molecule has 0 spiro atoms. The van der Waals surface area contributed by atoms with Crippen molar-refractivity contribution in [2.24, 2.45) is 4.99 Å². The molecule has 31 heavy (non-hydrogen) atoms. The highest BCUT2D eigenvalue weighted by Gasteiger charge is 2.34. The lowest BCUT2D eigenvalue weighted by Crippen LogP contribution is -2.29. The second kappa shape index (κ2) is 10.2. The van der Waals surface area contributed by atoms with E-state index in [1.807, 2.05) is 78.9 Å². The number of anilines is 1. The van der Waals surface area contributed by atoms with Crippen molar-refractivity contribution in [3.05, 3.63) is 107 Å². The van der Waals surface area contributed by atoms with Crippen LogP contribution < -0.4 is 4.90 Å². The monoisotopic (exact) mass is 428 g/mol. The SMILES string of the molecule is COCc1cccc(/C=C2\S/C(=N\CCc3ccccc3)N(c3ccccc3)C2=O)c1. The molecule has 156 valence electrons. The average molecular weight is 429 g/mol.